The first-order valence-corrected chi connectivity index (χ1v) is 4.64. The van der Waals surface area contributed by atoms with E-state index >= 15 is 0 Å². The van der Waals surface area contributed by atoms with Crippen LogP contribution in [0, 0.1) is 11.8 Å². The third-order valence-corrected chi connectivity index (χ3v) is 2.84. The summed E-state index contributed by atoms with van der Waals surface area (Å²) in [5.74, 6) is 1.31. The first kappa shape index (κ1) is 9.69. The molecule has 1 rings (SSSR count). The third-order valence-electron chi connectivity index (χ3n) is 2.84. The van der Waals surface area contributed by atoms with Crippen molar-refractivity contribution in [2.45, 2.75) is 39.5 Å². The van der Waals surface area contributed by atoms with Gasteiger partial charge in [-0.05, 0) is 43.1 Å². The first-order valence-electron chi connectivity index (χ1n) is 4.64. The van der Waals surface area contributed by atoms with E-state index in [9.17, 15) is 8.78 Å². The number of hydrogen-bond acceptors (Lipinski definition) is 0. The molecule has 0 heterocycles. The van der Waals surface area contributed by atoms with Crippen LogP contribution in [0.5, 0.6) is 0 Å². The molecule has 1 saturated carbocycles. The van der Waals surface area contributed by atoms with E-state index in [1.165, 1.54) is 0 Å². The van der Waals surface area contributed by atoms with E-state index in [1.54, 1.807) is 0 Å². The van der Waals surface area contributed by atoms with Gasteiger partial charge >= 0.3 is 0 Å². The third kappa shape index (κ3) is 2.29. The van der Waals surface area contributed by atoms with Crippen molar-refractivity contribution in [2.24, 2.45) is 11.8 Å². The van der Waals surface area contributed by atoms with Gasteiger partial charge in [-0.25, -0.2) is 0 Å². The van der Waals surface area contributed by atoms with Gasteiger partial charge in [0.2, 0.25) is 0 Å². The molecule has 0 spiro atoms. The second-order valence-corrected chi connectivity index (χ2v) is 3.95. The van der Waals surface area contributed by atoms with Gasteiger partial charge in [-0.1, -0.05) is 13.8 Å². The maximum atomic E-state index is 12.1. The molecule has 12 heavy (non-hydrogen) atoms. The van der Waals surface area contributed by atoms with Crippen molar-refractivity contribution in [3.8, 4) is 0 Å². The molecule has 70 valence electrons. The summed E-state index contributed by atoms with van der Waals surface area (Å²) in [6.45, 7) is 4.34. The zero-order valence-electron chi connectivity index (χ0n) is 7.74. The van der Waals surface area contributed by atoms with Crippen molar-refractivity contribution in [2.75, 3.05) is 0 Å². The van der Waals surface area contributed by atoms with Crippen LogP contribution in [-0.4, -0.2) is 0 Å². The molecule has 0 radical (unpaired) electrons. The summed E-state index contributed by atoms with van der Waals surface area (Å²) < 4.78 is 24.3. The molecule has 0 bridgehead atoms. The lowest BCUT2D eigenvalue weighted by molar-refractivity contribution is 0.296. The predicted octanol–water partition coefficient (Wildman–Crippen LogP) is 3.98. The lowest BCUT2D eigenvalue weighted by Crippen LogP contribution is -2.14. The van der Waals surface area contributed by atoms with Crippen LogP contribution in [0.15, 0.2) is 11.7 Å². The average Bonchev–Trinajstić information content (AvgIpc) is 2.04. The van der Waals surface area contributed by atoms with Gasteiger partial charge in [0.1, 0.15) is 0 Å². The van der Waals surface area contributed by atoms with Crippen molar-refractivity contribution in [3.63, 3.8) is 0 Å². The monoisotopic (exact) mass is 174 g/mol. The van der Waals surface area contributed by atoms with Crippen LogP contribution in [-0.2, 0) is 0 Å². The summed E-state index contributed by atoms with van der Waals surface area (Å²) in [6, 6.07) is 0. The Balaban J connectivity index is 2.45. The summed E-state index contributed by atoms with van der Waals surface area (Å²) in [6.07, 6.45) is 1.70. The summed E-state index contributed by atoms with van der Waals surface area (Å²) in [4.78, 5) is 0. The molecule has 2 heteroatoms. The predicted molar refractivity (Wildman–Crippen MR) is 46.0 cm³/mol. The molecule has 0 atom stereocenters. The largest absolute Gasteiger partial charge is 0.269 e. The molecule has 0 aromatic rings. The van der Waals surface area contributed by atoms with Crippen LogP contribution >= 0.6 is 0 Å². The fourth-order valence-corrected chi connectivity index (χ4v) is 1.84. The Kier molecular flexibility index (Phi) is 3.24. The normalized spacial score (nSPS) is 24.8. The lowest BCUT2D eigenvalue weighted by Gasteiger charge is -2.26. The van der Waals surface area contributed by atoms with Gasteiger partial charge in [0.05, 0.1) is 0 Å². The zero-order valence-corrected chi connectivity index (χ0v) is 7.74. The topological polar surface area (TPSA) is 0 Å². The van der Waals surface area contributed by atoms with E-state index in [0.29, 0.717) is 30.3 Å². The van der Waals surface area contributed by atoms with Crippen molar-refractivity contribution in [1.29, 1.82) is 0 Å². The van der Waals surface area contributed by atoms with Crippen LogP contribution < -0.4 is 0 Å². The van der Waals surface area contributed by atoms with Crippen molar-refractivity contribution < 1.29 is 8.78 Å². The lowest BCUT2D eigenvalue weighted by atomic mass is 9.80. The molecule has 1 aliphatic carbocycles. The Hall–Kier alpha value is -0.400. The standard InChI is InChI=1S/C10H16F2/c1-7(2)8-3-5-9(6-4-8)10(11)12/h7-8H,3-6H2,1-2H3. The first-order chi connectivity index (χ1) is 5.61. The molecule has 0 saturated heterocycles. The molecule has 0 amide bonds. The molecular formula is C10H16F2. The van der Waals surface area contributed by atoms with E-state index in [0.717, 1.165) is 12.8 Å². The highest BCUT2D eigenvalue weighted by Crippen LogP contribution is 2.34. The minimum absolute atomic E-state index is 0.395. The van der Waals surface area contributed by atoms with Crippen LogP contribution in [0.1, 0.15) is 39.5 Å². The quantitative estimate of drug-likeness (QED) is 0.564. The number of allylic oxidation sites excluding steroid dienone is 1. The Labute approximate surface area is 72.7 Å². The summed E-state index contributed by atoms with van der Waals surface area (Å²) >= 11 is 0. The molecule has 0 nitrogen and oxygen atoms in total. The van der Waals surface area contributed by atoms with Crippen LogP contribution in [0.2, 0.25) is 0 Å². The van der Waals surface area contributed by atoms with Crippen LogP contribution in [0.3, 0.4) is 0 Å². The van der Waals surface area contributed by atoms with Gasteiger partial charge < -0.3 is 0 Å². The number of rotatable bonds is 1. The molecule has 0 aliphatic heterocycles. The minimum Gasteiger partial charge on any atom is -0.173 e. The summed E-state index contributed by atoms with van der Waals surface area (Å²) in [5, 5.41) is 0. The van der Waals surface area contributed by atoms with Crippen molar-refractivity contribution in [3.05, 3.63) is 11.7 Å². The maximum absolute atomic E-state index is 12.1. The van der Waals surface area contributed by atoms with Gasteiger partial charge in [0, 0.05) is 0 Å². The molecule has 1 fully saturated rings. The highest BCUT2D eigenvalue weighted by atomic mass is 19.3. The fourth-order valence-electron chi connectivity index (χ4n) is 1.84. The van der Waals surface area contributed by atoms with Crippen molar-refractivity contribution in [1.82, 2.24) is 0 Å². The van der Waals surface area contributed by atoms with Crippen LogP contribution in [0.4, 0.5) is 8.78 Å². The van der Waals surface area contributed by atoms with E-state index < -0.39 is 6.08 Å². The number of halogens is 2. The van der Waals surface area contributed by atoms with E-state index in [-0.39, 0.29) is 0 Å². The summed E-state index contributed by atoms with van der Waals surface area (Å²) in [5.41, 5.74) is 0.395. The molecule has 0 aromatic carbocycles. The zero-order chi connectivity index (χ0) is 9.14. The van der Waals surface area contributed by atoms with E-state index in [1.807, 2.05) is 0 Å². The molecule has 0 aromatic heterocycles. The second-order valence-electron chi connectivity index (χ2n) is 3.95. The Morgan fingerprint density at radius 1 is 1.25 bits per heavy atom. The molecule has 1 aliphatic rings. The second kappa shape index (κ2) is 4.01. The Morgan fingerprint density at radius 3 is 2.08 bits per heavy atom. The molecular weight excluding hydrogens is 158 g/mol. The van der Waals surface area contributed by atoms with E-state index in [4.69, 9.17) is 0 Å². The Bertz CT molecular complexity index is 168. The van der Waals surface area contributed by atoms with Gasteiger partial charge in [-0.15, -0.1) is 0 Å². The summed E-state index contributed by atoms with van der Waals surface area (Å²) in [7, 11) is 0. The van der Waals surface area contributed by atoms with E-state index in [2.05, 4.69) is 13.8 Å². The van der Waals surface area contributed by atoms with Gasteiger partial charge in [0.15, 0.2) is 0 Å². The Morgan fingerprint density at radius 2 is 1.75 bits per heavy atom. The highest BCUT2D eigenvalue weighted by Gasteiger charge is 2.21. The average molecular weight is 174 g/mol. The molecule has 0 unspecified atom stereocenters. The maximum Gasteiger partial charge on any atom is 0.269 e. The smallest absolute Gasteiger partial charge is 0.173 e. The van der Waals surface area contributed by atoms with Crippen molar-refractivity contribution >= 4 is 0 Å². The highest BCUT2D eigenvalue weighted by molar-refractivity contribution is 5.05. The number of hydrogen-bond donors (Lipinski definition) is 0. The van der Waals surface area contributed by atoms with Gasteiger partial charge in [-0.3, -0.25) is 0 Å². The molecule has 0 N–H and O–H groups in total. The fraction of sp³-hybridized carbons (Fsp3) is 0.800. The van der Waals surface area contributed by atoms with Crippen LogP contribution in [0.25, 0.3) is 0 Å². The SMILES string of the molecule is CC(C)C1CCC(=C(F)F)CC1. The van der Waals surface area contributed by atoms with Gasteiger partial charge in [-0.2, -0.15) is 8.78 Å². The minimum atomic E-state index is -1.43. The van der Waals surface area contributed by atoms with Gasteiger partial charge in [0.25, 0.3) is 6.08 Å².